The minimum atomic E-state index is -3.12. The Morgan fingerprint density at radius 2 is 1.85 bits per heavy atom. The molecule has 0 aromatic heterocycles. The van der Waals surface area contributed by atoms with Crippen LogP contribution >= 0.6 is 0 Å². The van der Waals surface area contributed by atoms with Gasteiger partial charge in [-0.05, 0) is 49.4 Å². The quantitative estimate of drug-likeness (QED) is 0.402. The highest BCUT2D eigenvalue weighted by Gasteiger charge is 2.28. The van der Waals surface area contributed by atoms with Crippen LogP contribution in [0.4, 0.5) is 8.78 Å². The number of nitrogens with one attached hydrogen (secondary N) is 1. The SMILES string of the molecule is C=C(NCCc1cccc(C)c1)C(CCC)Oc1ccc(C#N)c(C(C)(F)F)c1.CC(C)C. The van der Waals surface area contributed by atoms with Gasteiger partial charge in [0.15, 0.2) is 0 Å². The van der Waals surface area contributed by atoms with E-state index >= 15 is 0 Å². The molecule has 1 atom stereocenters. The summed E-state index contributed by atoms with van der Waals surface area (Å²) in [6.07, 6.45) is 2.07. The third kappa shape index (κ3) is 10.5. The monoisotopic (exact) mass is 456 g/mol. The summed E-state index contributed by atoms with van der Waals surface area (Å²) in [4.78, 5) is 0. The maximum Gasteiger partial charge on any atom is 0.271 e. The lowest BCUT2D eigenvalue weighted by Crippen LogP contribution is -2.29. The third-order valence-electron chi connectivity index (χ3n) is 4.65. The fourth-order valence-corrected chi connectivity index (χ4v) is 3.14. The molecule has 0 radical (unpaired) electrons. The van der Waals surface area contributed by atoms with E-state index in [1.165, 1.54) is 23.3 Å². The first-order chi connectivity index (χ1) is 15.5. The summed E-state index contributed by atoms with van der Waals surface area (Å²) >= 11 is 0. The van der Waals surface area contributed by atoms with Gasteiger partial charge < -0.3 is 10.1 Å². The number of nitriles is 1. The number of hydrogen-bond donors (Lipinski definition) is 1. The van der Waals surface area contributed by atoms with Gasteiger partial charge in [-0.2, -0.15) is 5.26 Å². The van der Waals surface area contributed by atoms with Crippen molar-refractivity contribution in [2.24, 2.45) is 5.92 Å². The second-order valence-corrected chi connectivity index (χ2v) is 9.03. The molecule has 0 amide bonds. The van der Waals surface area contributed by atoms with Crippen molar-refractivity contribution in [3.8, 4) is 11.8 Å². The van der Waals surface area contributed by atoms with Crippen LogP contribution in [-0.4, -0.2) is 12.6 Å². The van der Waals surface area contributed by atoms with Crippen molar-refractivity contribution in [1.29, 1.82) is 5.26 Å². The van der Waals surface area contributed by atoms with E-state index in [0.29, 0.717) is 24.4 Å². The van der Waals surface area contributed by atoms with Gasteiger partial charge >= 0.3 is 0 Å². The van der Waals surface area contributed by atoms with E-state index in [-0.39, 0.29) is 17.2 Å². The number of aryl methyl sites for hydroxylation is 1. The Balaban J connectivity index is 0.00000125. The third-order valence-corrected chi connectivity index (χ3v) is 4.65. The lowest BCUT2D eigenvalue weighted by molar-refractivity contribution is 0.0168. The molecule has 0 aliphatic rings. The molecule has 0 aliphatic heterocycles. The molecule has 0 heterocycles. The Kier molecular flexibility index (Phi) is 11.6. The Morgan fingerprint density at radius 1 is 1.18 bits per heavy atom. The predicted molar refractivity (Wildman–Crippen MR) is 133 cm³/mol. The molecule has 33 heavy (non-hydrogen) atoms. The molecule has 1 N–H and O–H groups in total. The molecule has 0 saturated heterocycles. The number of alkyl halides is 2. The van der Waals surface area contributed by atoms with E-state index in [9.17, 15) is 8.78 Å². The Hall–Kier alpha value is -2.87. The predicted octanol–water partition coefficient (Wildman–Crippen LogP) is 7.53. The Morgan fingerprint density at radius 3 is 2.39 bits per heavy atom. The van der Waals surface area contributed by atoms with Crippen molar-refractivity contribution >= 4 is 0 Å². The van der Waals surface area contributed by atoms with Crippen LogP contribution in [-0.2, 0) is 12.3 Å². The molecule has 0 fully saturated rings. The Labute approximate surface area is 198 Å². The largest absolute Gasteiger partial charge is 0.484 e. The van der Waals surface area contributed by atoms with Crippen LogP contribution in [0.25, 0.3) is 0 Å². The highest BCUT2D eigenvalue weighted by molar-refractivity contribution is 5.45. The minimum Gasteiger partial charge on any atom is -0.484 e. The molecule has 0 bridgehead atoms. The minimum absolute atomic E-state index is 0.0491. The molecule has 180 valence electrons. The number of nitrogens with zero attached hydrogens (tertiary/aromatic N) is 1. The topological polar surface area (TPSA) is 45.0 Å². The molecule has 0 saturated carbocycles. The lowest BCUT2D eigenvalue weighted by Gasteiger charge is -2.23. The molecule has 2 rings (SSSR count). The van der Waals surface area contributed by atoms with Crippen molar-refractivity contribution in [2.75, 3.05) is 6.54 Å². The second kappa shape index (κ2) is 13.6. The number of halogens is 2. The van der Waals surface area contributed by atoms with Gasteiger partial charge in [0, 0.05) is 24.7 Å². The lowest BCUT2D eigenvalue weighted by atomic mass is 10.0. The summed E-state index contributed by atoms with van der Waals surface area (Å²) in [5.74, 6) is -1.98. The maximum absolute atomic E-state index is 13.8. The summed E-state index contributed by atoms with van der Waals surface area (Å²) in [5, 5.41) is 12.4. The average molecular weight is 457 g/mol. The fourth-order valence-electron chi connectivity index (χ4n) is 3.14. The van der Waals surface area contributed by atoms with Crippen molar-refractivity contribution in [2.45, 2.75) is 72.8 Å². The van der Waals surface area contributed by atoms with E-state index < -0.39 is 5.92 Å². The van der Waals surface area contributed by atoms with E-state index in [1.807, 2.05) is 19.1 Å². The molecule has 0 spiro atoms. The molecule has 2 aromatic rings. The summed E-state index contributed by atoms with van der Waals surface area (Å²) in [7, 11) is 0. The standard InChI is InChI=1S/C24H28F2N2O.C4H10/c1-5-7-23(18(3)28-13-12-19-9-6-8-17(2)14-19)29-21-11-10-20(16-27)22(15-21)24(4,25)26;1-4(2)3/h6,8-11,14-15,23,28H,3,5,7,12-13H2,1-2,4H3;4H,1-3H3. The van der Waals surface area contributed by atoms with E-state index in [1.54, 1.807) is 6.07 Å². The highest BCUT2D eigenvalue weighted by Crippen LogP contribution is 2.33. The summed E-state index contributed by atoms with van der Waals surface area (Å²) in [5.41, 5.74) is 2.80. The maximum atomic E-state index is 13.8. The van der Waals surface area contributed by atoms with Crippen molar-refractivity contribution in [3.63, 3.8) is 0 Å². The fraction of sp³-hybridized carbons (Fsp3) is 0.464. The number of benzene rings is 2. The van der Waals surface area contributed by atoms with Crippen LogP contribution in [0.15, 0.2) is 54.7 Å². The highest BCUT2D eigenvalue weighted by atomic mass is 19.3. The molecule has 1 unspecified atom stereocenters. The van der Waals surface area contributed by atoms with Crippen LogP contribution in [0.3, 0.4) is 0 Å². The van der Waals surface area contributed by atoms with Crippen LogP contribution in [0.2, 0.25) is 0 Å². The normalized spacial score (nSPS) is 11.8. The van der Waals surface area contributed by atoms with Gasteiger partial charge in [0.1, 0.15) is 11.9 Å². The van der Waals surface area contributed by atoms with E-state index in [4.69, 9.17) is 10.00 Å². The molecular formula is C28H38F2N2O. The van der Waals surface area contributed by atoms with Gasteiger partial charge in [0.05, 0.1) is 11.6 Å². The van der Waals surface area contributed by atoms with Gasteiger partial charge in [-0.1, -0.05) is 70.5 Å². The van der Waals surface area contributed by atoms with Gasteiger partial charge in [0.25, 0.3) is 5.92 Å². The molecule has 3 nitrogen and oxygen atoms in total. The van der Waals surface area contributed by atoms with E-state index in [0.717, 1.165) is 25.7 Å². The summed E-state index contributed by atoms with van der Waals surface area (Å²) < 4.78 is 33.7. The van der Waals surface area contributed by atoms with Gasteiger partial charge in [0.2, 0.25) is 0 Å². The van der Waals surface area contributed by atoms with E-state index in [2.05, 4.69) is 57.8 Å². The second-order valence-electron chi connectivity index (χ2n) is 9.03. The molecular weight excluding hydrogens is 418 g/mol. The van der Waals surface area contributed by atoms with Crippen LogP contribution in [0.5, 0.6) is 5.75 Å². The van der Waals surface area contributed by atoms with Crippen molar-refractivity contribution < 1.29 is 13.5 Å². The van der Waals surface area contributed by atoms with Crippen LogP contribution < -0.4 is 10.1 Å². The first kappa shape index (κ1) is 28.2. The van der Waals surface area contributed by atoms with Gasteiger partial charge in [-0.25, -0.2) is 8.78 Å². The van der Waals surface area contributed by atoms with Crippen LogP contribution in [0, 0.1) is 24.2 Å². The Bertz CT molecular complexity index is 923. The summed E-state index contributed by atoms with van der Waals surface area (Å²) in [6, 6.07) is 14.3. The zero-order chi connectivity index (χ0) is 25.0. The zero-order valence-electron chi connectivity index (χ0n) is 20.8. The smallest absolute Gasteiger partial charge is 0.271 e. The molecule has 0 aliphatic carbocycles. The molecule has 2 aromatic carbocycles. The van der Waals surface area contributed by atoms with Crippen molar-refractivity contribution in [3.05, 3.63) is 77.0 Å². The summed E-state index contributed by atoms with van der Waals surface area (Å²) in [6.45, 7) is 16.2. The zero-order valence-corrected chi connectivity index (χ0v) is 20.8. The number of rotatable bonds is 10. The average Bonchev–Trinajstić information content (AvgIpc) is 2.72. The van der Waals surface area contributed by atoms with Gasteiger partial charge in [-0.15, -0.1) is 0 Å². The first-order valence-electron chi connectivity index (χ1n) is 11.5. The first-order valence-corrected chi connectivity index (χ1v) is 11.5. The molecule has 5 heteroatoms. The number of hydrogen-bond acceptors (Lipinski definition) is 3. The van der Waals surface area contributed by atoms with Gasteiger partial charge in [-0.3, -0.25) is 0 Å². The van der Waals surface area contributed by atoms with Crippen LogP contribution in [0.1, 0.15) is 69.7 Å². The van der Waals surface area contributed by atoms with Crippen molar-refractivity contribution in [1.82, 2.24) is 5.32 Å². The number of ether oxygens (including phenoxy) is 1.